The first kappa shape index (κ1) is 21.2. The van der Waals surface area contributed by atoms with E-state index >= 15 is 0 Å². The topological polar surface area (TPSA) is 124 Å². The summed E-state index contributed by atoms with van der Waals surface area (Å²) in [6, 6.07) is 12.7. The molecule has 1 aliphatic heterocycles. The molecule has 2 aromatic rings. The summed E-state index contributed by atoms with van der Waals surface area (Å²) in [7, 11) is -7.14. The molecule has 1 aliphatic rings. The monoisotopic (exact) mass is 437 g/mol. The number of sulfonamides is 1. The van der Waals surface area contributed by atoms with E-state index in [1.165, 1.54) is 24.3 Å². The highest BCUT2D eigenvalue weighted by Gasteiger charge is 2.31. The van der Waals surface area contributed by atoms with Gasteiger partial charge in [0.15, 0.2) is 22.2 Å². The molecule has 1 atom stereocenters. The van der Waals surface area contributed by atoms with Crippen molar-refractivity contribution < 1.29 is 31.2 Å². The molecule has 29 heavy (non-hydrogen) atoms. The molecule has 3 rings (SSSR count). The van der Waals surface area contributed by atoms with Crippen LogP contribution in [-0.2, 0) is 24.6 Å². The first-order valence-electron chi connectivity index (χ1n) is 8.74. The summed E-state index contributed by atoms with van der Waals surface area (Å²) in [5.41, 5.74) is 0.509. The number of nitrogens with one attached hydrogen (secondary N) is 1. The van der Waals surface area contributed by atoms with Crippen LogP contribution >= 0.6 is 0 Å². The molecule has 0 amide bonds. The molecule has 0 radical (unpaired) electrons. The fourth-order valence-corrected chi connectivity index (χ4v) is 5.92. The van der Waals surface area contributed by atoms with Gasteiger partial charge >= 0.3 is 5.97 Å². The number of esters is 1. The Labute approximate surface area is 168 Å². The molecule has 1 saturated heterocycles. The molecule has 154 valence electrons. The number of ketones is 1. The van der Waals surface area contributed by atoms with E-state index in [1.807, 2.05) is 0 Å². The molecule has 10 heteroatoms. The molecule has 0 aromatic heterocycles. The van der Waals surface area contributed by atoms with Crippen LogP contribution in [-0.4, -0.2) is 52.7 Å². The first-order valence-corrected chi connectivity index (χ1v) is 12.0. The minimum absolute atomic E-state index is 0.0489. The minimum atomic E-state index is -3.92. The number of carbonyl (C=O) groups excluding carboxylic acids is 2. The van der Waals surface area contributed by atoms with Gasteiger partial charge in [-0.1, -0.05) is 30.3 Å². The summed E-state index contributed by atoms with van der Waals surface area (Å²) >= 11 is 0. The maximum absolute atomic E-state index is 12.4. The Hall–Kier alpha value is -2.56. The smallest absolute Gasteiger partial charge is 0.338 e. The normalized spacial score (nSPS) is 18.3. The Morgan fingerprint density at radius 1 is 1.00 bits per heavy atom. The zero-order chi connectivity index (χ0) is 21.1. The highest BCUT2D eigenvalue weighted by molar-refractivity contribution is 7.92. The maximum Gasteiger partial charge on any atom is 0.338 e. The van der Waals surface area contributed by atoms with Crippen molar-refractivity contribution in [3.63, 3.8) is 0 Å². The predicted octanol–water partition coefficient (Wildman–Crippen LogP) is 1.19. The van der Waals surface area contributed by atoms with E-state index in [0.717, 1.165) is 0 Å². The van der Waals surface area contributed by atoms with E-state index in [-0.39, 0.29) is 34.2 Å². The SMILES string of the molecule is O=C(COC(=O)c1ccc(S(=O)(=O)NC2CCS(=O)(=O)C2)cc1)c1ccccc1. The van der Waals surface area contributed by atoms with Gasteiger partial charge in [-0.05, 0) is 30.7 Å². The van der Waals surface area contributed by atoms with Crippen molar-refractivity contribution in [2.75, 3.05) is 18.1 Å². The van der Waals surface area contributed by atoms with Crippen molar-refractivity contribution in [1.82, 2.24) is 4.72 Å². The highest BCUT2D eigenvalue weighted by Crippen LogP contribution is 2.17. The number of hydrogen-bond acceptors (Lipinski definition) is 7. The number of Topliss-reactive ketones (excluding diaryl/α,β-unsaturated/α-hetero) is 1. The molecule has 2 aromatic carbocycles. The average Bonchev–Trinajstić information content (AvgIpc) is 3.04. The molecular formula is C19H19NO7S2. The Morgan fingerprint density at radius 3 is 2.24 bits per heavy atom. The number of sulfone groups is 1. The third-order valence-corrected chi connectivity index (χ3v) is 7.69. The number of ether oxygens (including phenoxy) is 1. The van der Waals surface area contributed by atoms with E-state index in [0.29, 0.717) is 5.56 Å². The zero-order valence-corrected chi connectivity index (χ0v) is 16.9. The Bertz CT molecular complexity index is 1110. The summed E-state index contributed by atoms with van der Waals surface area (Å²) in [6.45, 7) is -0.430. The summed E-state index contributed by atoms with van der Waals surface area (Å²) in [4.78, 5) is 24.0. The van der Waals surface area contributed by atoms with Crippen LogP contribution in [0.2, 0.25) is 0 Å². The Morgan fingerprint density at radius 2 is 1.66 bits per heavy atom. The van der Waals surface area contributed by atoms with Crippen molar-refractivity contribution in [3.8, 4) is 0 Å². The van der Waals surface area contributed by atoms with Crippen LogP contribution in [0.3, 0.4) is 0 Å². The molecule has 1 N–H and O–H groups in total. The van der Waals surface area contributed by atoms with Gasteiger partial charge < -0.3 is 4.74 Å². The molecule has 1 unspecified atom stereocenters. The van der Waals surface area contributed by atoms with E-state index in [1.54, 1.807) is 30.3 Å². The Kier molecular flexibility index (Phi) is 6.15. The quantitative estimate of drug-likeness (QED) is 0.510. The second-order valence-electron chi connectivity index (χ2n) is 6.61. The summed E-state index contributed by atoms with van der Waals surface area (Å²) in [5.74, 6) is -1.39. The van der Waals surface area contributed by atoms with E-state index in [2.05, 4.69) is 4.72 Å². The molecule has 1 heterocycles. The van der Waals surface area contributed by atoms with Crippen molar-refractivity contribution in [2.45, 2.75) is 17.4 Å². The molecule has 1 fully saturated rings. The highest BCUT2D eigenvalue weighted by atomic mass is 32.2. The van der Waals surface area contributed by atoms with Gasteiger partial charge in [0, 0.05) is 11.6 Å². The summed E-state index contributed by atoms with van der Waals surface area (Å²) in [5, 5.41) is 0. The van der Waals surface area contributed by atoms with Gasteiger partial charge in [0.1, 0.15) is 0 Å². The van der Waals surface area contributed by atoms with Crippen LogP contribution in [0.25, 0.3) is 0 Å². The lowest BCUT2D eigenvalue weighted by atomic mass is 10.1. The molecule has 0 aliphatic carbocycles. The van der Waals surface area contributed by atoms with Crippen LogP contribution in [0.15, 0.2) is 59.5 Å². The molecule has 0 bridgehead atoms. The lowest BCUT2D eigenvalue weighted by Gasteiger charge is -2.12. The number of hydrogen-bond donors (Lipinski definition) is 1. The molecule has 0 spiro atoms. The van der Waals surface area contributed by atoms with Crippen molar-refractivity contribution in [1.29, 1.82) is 0 Å². The second kappa shape index (κ2) is 8.44. The number of benzene rings is 2. The minimum Gasteiger partial charge on any atom is -0.454 e. The fourth-order valence-electron chi connectivity index (χ4n) is 2.87. The van der Waals surface area contributed by atoms with Gasteiger partial charge in [0.05, 0.1) is 22.0 Å². The van der Waals surface area contributed by atoms with Crippen molar-refractivity contribution in [2.24, 2.45) is 0 Å². The summed E-state index contributed by atoms with van der Waals surface area (Å²) < 4.78 is 55.1. The number of carbonyl (C=O) groups is 2. The van der Waals surface area contributed by atoms with Crippen LogP contribution in [0.4, 0.5) is 0 Å². The van der Waals surface area contributed by atoms with Crippen LogP contribution in [0.1, 0.15) is 27.1 Å². The largest absolute Gasteiger partial charge is 0.454 e. The van der Waals surface area contributed by atoms with Gasteiger partial charge in [0.2, 0.25) is 10.0 Å². The van der Waals surface area contributed by atoms with E-state index in [9.17, 15) is 26.4 Å². The fraction of sp³-hybridized carbons (Fsp3) is 0.263. The third kappa shape index (κ3) is 5.49. The first-order chi connectivity index (χ1) is 13.7. The van der Waals surface area contributed by atoms with Gasteiger partial charge in [-0.3, -0.25) is 4.79 Å². The number of rotatable bonds is 7. The van der Waals surface area contributed by atoms with E-state index in [4.69, 9.17) is 4.74 Å². The average molecular weight is 437 g/mol. The van der Waals surface area contributed by atoms with Crippen LogP contribution in [0, 0.1) is 0 Å². The lowest BCUT2D eigenvalue weighted by Crippen LogP contribution is -2.35. The van der Waals surface area contributed by atoms with Gasteiger partial charge in [-0.25, -0.2) is 26.4 Å². The summed E-state index contributed by atoms with van der Waals surface area (Å²) in [6.07, 6.45) is 0.224. The standard InChI is InChI=1S/C19H19NO7S2/c21-18(14-4-2-1-3-5-14)12-27-19(22)15-6-8-17(9-7-15)29(25,26)20-16-10-11-28(23,24)13-16/h1-9,16,20H,10-13H2. The van der Waals surface area contributed by atoms with Crippen molar-refractivity contribution >= 4 is 31.6 Å². The molecule has 0 saturated carbocycles. The predicted molar refractivity (Wildman–Crippen MR) is 105 cm³/mol. The zero-order valence-electron chi connectivity index (χ0n) is 15.3. The molecular weight excluding hydrogens is 418 g/mol. The third-order valence-electron chi connectivity index (χ3n) is 4.38. The van der Waals surface area contributed by atoms with Crippen molar-refractivity contribution in [3.05, 3.63) is 65.7 Å². The maximum atomic E-state index is 12.4. The van der Waals surface area contributed by atoms with Gasteiger partial charge in [-0.2, -0.15) is 0 Å². The van der Waals surface area contributed by atoms with Crippen LogP contribution in [0.5, 0.6) is 0 Å². The lowest BCUT2D eigenvalue weighted by molar-refractivity contribution is 0.0474. The van der Waals surface area contributed by atoms with E-state index < -0.39 is 38.5 Å². The van der Waals surface area contributed by atoms with Crippen LogP contribution < -0.4 is 4.72 Å². The second-order valence-corrected chi connectivity index (χ2v) is 10.6. The Balaban J connectivity index is 1.60. The van der Waals surface area contributed by atoms with Gasteiger partial charge in [0.25, 0.3) is 0 Å². The van der Waals surface area contributed by atoms with Gasteiger partial charge in [-0.15, -0.1) is 0 Å². The molecule has 8 nitrogen and oxygen atoms in total.